The van der Waals surface area contributed by atoms with Crippen molar-refractivity contribution in [3.05, 3.63) is 90.9 Å². The number of nitrogens with zero attached hydrogens (tertiary/aromatic N) is 5. The van der Waals surface area contributed by atoms with Gasteiger partial charge in [0.1, 0.15) is 5.82 Å². The van der Waals surface area contributed by atoms with Crippen molar-refractivity contribution >= 4 is 74.5 Å². The third-order valence-corrected chi connectivity index (χ3v) is 9.16. The van der Waals surface area contributed by atoms with Crippen LogP contribution in [0.4, 0.5) is 16.5 Å². The number of hydrogen-bond acceptors (Lipinski definition) is 11. The van der Waals surface area contributed by atoms with Crippen LogP contribution in [-0.4, -0.2) is 32.6 Å². The molecule has 3 N–H and O–H groups in total. The number of thioether (sulfide) groups is 1. The van der Waals surface area contributed by atoms with E-state index < -0.39 is 16.7 Å². The van der Waals surface area contributed by atoms with Crippen LogP contribution in [-0.2, 0) is 9.59 Å². The molecule has 1 atom stereocenters. The summed E-state index contributed by atoms with van der Waals surface area (Å²) in [6.45, 7) is 0. The predicted octanol–water partition coefficient (Wildman–Crippen LogP) is 5.79. The Morgan fingerprint density at radius 3 is 2.68 bits per heavy atom. The molecule has 15 heteroatoms. The van der Waals surface area contributed by atoms with Gasteiger partial charge in [-0.25, -0.2) is 0 Å². The number of ketones is 1. The fourth-order valence-corrected chi connectivity index (χ4v) is 7.05. The van der Waals surface area contributed by atoms with Crippen LogP contribution in [0.1, 0.15) is 30.7 Å². The molecular formula is C26H19Cl2N7O4S2. The molecule has 2 aliphatic rings. The molecule has 2 heterocycles. The summed E-state index contributed by atoms with van der Waals surface area (Å²) < 4.78 is 0.445. The second-order valence-corrected chi connectivity index (χ2v) is 11.9. The second kappa shape index (κ2) is 11.9. The van der Waals surface area contributed by atoms with E-state index >= 15 is 0 Å². The monoisotopic (exact) mass is 627 g/mol. The number of amides is 1. The van der Waals surface area contributed by atoms with Crippen LogP contribution >= 0.6 is 46.3 Å². The highest BCUT2D eigenvalue weighted by atomic mass is 35.5. The SMILES string of the molecule is N#CC1=C(N)N(c2nnc(SCC(=O)Nc3cccc([N+](=O)[O-])c3)s2)C2=C(C(=O)CCC2)C1c1c(Cl)cccc1Cl. The standard InChI is InChI=1S/C26H19Cl2N7O4S2/c27-16-6-2-7-17(28)22(16)21-15(11-29)24(30)34(18-8-3-9-19(36)23(18)21)25-32-33-26(41-25)40-12-20(37)31-13-4-1-5-14(10-13)35(38)39/h1-2,4-7,10,21H,3,8-9,12,30H2,(H,31,37). The topological polar surface area (TPSA) is 168 Å². The van der Waals surface area contributed by atoms with Gasteiger partial charge in [-0.1, -0.05) is 58.4 Å². The number of benzene rings is 2. The molecule has 0 fully saturated rings. The fraction of sp³-hybridized carbons (Fsp3) is 0.192. The molecule has 3 aromatic rings. The summed E-state index contributed by atoms with van der Waals surface area (Å²) in [6.07, 6.45) is 1.40. The second-order valence-electron chi connectivity index (χ2n) is 8.95. The Kier molecular flexibility index (Phi) is 8.27. The maximum absolute atomic E-state index is 13.3. The van der Waals surface area contributed by atoms with Gasteiger partial charge in [0.2, 0.25) is 11.0 Å². The van der Waals surface area contributed by atoms with Crippen molar-refractivity contribution in [2.45, 2.75) is 29.5 Å². The first kappa shape index (κ1) is 28.6. The molecule has 41 heavy (non-hydrogen) atoms. The smallest absolute Gasteiger partial charge is 0.271 e. The molecule has 1 amide bonds. The number of Topliss-reactive ketones (excluding diaryl/α,β-unsaturated/α-hetero) is 1. The number of nitro groups is 1. The first-order valence-electron chi connectivity index (χ1n) is 12.1. The number of nitriles is 1. The lowest BCUT2D eigenvalue weighted by molar-refractivity contribution is -0.384. The number of rotatable bonds is 7. The zero-order valence-corrected chi connectivity index (χ0v) is 24.1. The molecule has 0 spiro atoms. The molecule has 1 aliphatic heterocycles. The van der Waals surface area contributed by atoms with E-state index in [9.17, 15) is 25.0 Å². The van der Waals surface area contributed by atoms with E-state index in [2.05, 4.69) is 21.6 Å². The number of aromatic nitrogens is 2. The van der Waals surface area contributed by atoms with Crippen LogP contribution in [0, 0.1) is 21.4 Å². The van der Waals surface area contributed by atoms with Crippen LogP contribution in [0.25, 0.3) is 0 Å². The van der Waals surface area contributed by atoms with Gasteiger partial charge in [-0.15, -0.1) is 10.2 Å². The van der Waals surface area contributed by atoms with Crippen molar-refractivity contribution in [3.8, 4) is 6.07 Å². The molecule has 0 saturated heterocycles. The predicted molar refractivity (Wildman–Crippen MR) is 157 cm³/mol. The molecule has 1 aromatic heterocycles. The molecule has 11 nitrogen and oxygen atoms in total. The number of nitrogens with one attached hydrogen (secondary N) is 1. The summed E-state index contributed by atoms with van der Waals surface area (Å²) >= 11 is 15.3. The van der Waals surface area contributed by atoms with Crippen molar-refractivity contribution in [1.82, 2.24) is 10.2 Å². The number of anilines is 2. The largest absolute Gasteiger partial charge is 0.384 e. The summed E-state index contributed by atoms with van der Waals surface area (Å²) in [4.78, 5) is 37.8. The van der Waals surface area contributed by atoms with Gasteiger partial charge in [0.25, 0.3) is 5.69 Å². The van der Waals surface area contributed by atoms with Gasteiger partial charge in [-0.05, 0) is 31.0 Å². The molecule has 0 bridgehead atoms. The maximum Gasteiger partial charge on any atom is 0.271 e. The molecule has 5 rings (SSSR count). The Hall–Kier alpha value is -3.96. The Bertz CT molecular complexity index is 1680. The summed E-state index contributed by atoms with van der Waals surface area (Å²) in [5.41, 5.74) is 8.30. The molecule has 2 aromatic carbocycles. The number of hydrogen-bond donors (Lipinski definition) is 2. The maximum atomic E-state index is 13.3. The van der Waals surface area contributed by atoms with Crippen LogP contribution in [0.2, 0.25) is 10.0 Å². The lowest BCUT2D eigenvalue weighted by Gasteiger charge is -2.38. The molecule has 0 radical (unpaired) electrons. The van der Waals surface area contributed by atoms with E-state index in [1.807, 2.05) is 0 Å². The van der Waals surface area contributed by atoms with Gasteiger partial charge in [0, 0.05) is 51.1 Å². The van der Waals surface area contributed by atoms with Crippen LogP contribution in [0.5, 0.6) is 0 Å². The van der Waals surface area contributed by atoms with Gasteiger partial charge in [-0.3, -0.25) is 24.6 Å². The first-order valence-corrected chi connectivity index (χ1v) is 14.7. The summed E-state index contributed by atoms with van der Waals surface area (Å²) in [7, 11) is 0. The lowest BCUT2D eigenvalue weighted by Crippen LogP contribution is -2.38. The minimum absolute atomic E-state index is 0.0361. The number of nitro benzene ring substituents is 1. The normalized spacial score (nSPS) is 16.9. The van der Waals surface area contributed by atoms with E-state index in [1.165, 1.54) is 18.2 Å². The van der Waals surface area contributed by atoms with E-state index in [1.54, 1.807) is 29.2 Å². The van der Waals surface area contributed by atoms with E-state index in [-0.39, 0.29) is 28.6 Å². The minimum Gasteiger partial charge on any atom is -0.384 e. The summed E-state index contributed by atoms with van der Waals surface area (Å²) in [6, 6.07) is 12.8. The van der Waals surface area contributed by atoms with Crippen molar-refractivity contribution in [3.63, 3.8) is 0 Å². The van der Waals surface area contributed by atoms with E-state index in [0.29, 0.717) is 61.3 Å². The highest BCUT2D eigenvalue weighted by Crippen LogP contribution is 2.49. The quantitative estimate of drug-likeness (QED) is 0.186. The van der Waals surface area contributed by atoms with Gasteiger partial charge in [0.05, 0.1) is 28.2 Å². The highest BCUT2D eigenvalue weighted by molar-refractivity contribution is 8.01. The Balaban J connectivity index is 1.42. The highest BCUT2D eigenvalue weighted by Gasteiger charge is 2.42. The Morgan fingerprint density at radius 1 is 1.24 bits per heavy atom. The van der Waals surface area contributed by atoms with Gasteiger partial charge in [-0.2, -0.15) is 5.26 Å². The summed E-state index contributed by atoms with van der Waals surface area (Å²) in [5, 5.41) is 33.2. The number of allylic oxidation sites excluding steroid dienone is 3. The third-order valence-electron chi connectivity index (χ3n) is 6.46. The van der Waals surface area contributed by atoms with Crippen molar-refractivity contribution in [2.24, 2.45) is 5.73 Å². The van der Waals surface area contributed by atoms with Gasteiger partial charge < -0.3 is 11.1 Å². The zero-order chi connectivity index (χ0) is 29.3. The summed E-state index contributed by atoms with van der Waals surface area (Å²) in [5.74, 6) is -1.28. The molecular weight excluding hydrogens is 609 g/mol. The number of nitrogens with two attached hydrogens (primary N) is 1. The molecule has 208 valence electrons. The van der Waals surface area contributed by atoms with E-state index in [4.69, 9.17) is 28.9 Å². The van der Waals surface area contributed by atoms with Gasteiger partial charge in [0.15, 0.2) is 10.1 Å². The van der Waals surface area contributed by atoms with E-state index in [0.717, 1.165) is 23.1 Å². The van der Waals surface area contributed by atoms with Crippen molar-refractivity contribution in [2.75, 3.05) is 16.0 Å². The van der Waals surface area contributed by atoms with Crippen LogP contribution in [0.3, 0.4) is 0 Å². The first-order chi connectivity index (χ1) is 19.7. The number of carbonyl (C=O) groups is 2. The molecule has 1 aliphatic carbocycles. The lowest BCUT2D eigenvalue weighted by atomic mass is 9.75. The minimum atomic E-state index is -0.820. The molecule has 1 unspecified atom stereocenters. The van der Waals surface area contributed by atoms with Crippen molar-refractivity contribution < 1.29 is 14.5 Å². The van der Waals surface area contributed by atoms with Crippen LogP contribution in [0.15, 0.2) is 69.5 Å². The molecule has 0 saturated carbocycles. The average molecular weight is 629 g/mol. The number of non-ortho nitro benzene ring substituents is 1. The Labute approximate surface area is 251 Å². The Morgan fingerprint density at radius 2 is 1.98 bits per heavy atom. The van der Waals surface area contributed by atoms with Gasteiger partial charge >= 0.3 is 0 Å². The zero-order valence-electron chi connectivity index (χ0n) is 21.0. The average Bonchev–Trinajstić information content (AvgIpc) is 3.40. The number of carbonyl (C=O) groups excluding carboxylic acids is 2. The number of halogens is 2. The van der Waals surface area contributed by atoms with Crippen LogP contribution < -0.4 is 16.0 Å². The third kappa shape index (κ3) is 5.64. The fourth-order valence-electron chi connectivity index (χ4n) is 4.75. The van der Waals surface area contributed by atoms with Crippen molar-refractivity contribution in [1.29, 1.82) is 5.26 Å².